The zero-order valence-corrected chi connectivity index (χ0v) is 12.1. The predicted molar refractivity (Wildman–Crippen MR) is 77.2 cm³/mol. The van der Waals surface area contributed by atoms with Gasteiger partial charge in [-0.25, -0.2) is 0 Å². The van der Waals surface area contributed by atoms with Gasteiger partial charge in [0.15, 0.2) is 0 Å². The van der Waals surface area contributed by atoms with Gasteiger partial charge in [0.05, 0.1) is 4.92 Å². The zero-order valence-electron chi connectivity index (χ0n) is 11.2. The van der Waals surface area contributed by atoms with Gasteiger partial charge in [-0.1, -0.05) is 24.7 Å². The summed E-state index contributed by atoms with van der Waals surface area (Å²) in [6, 6.07) is 3.87. The van der Waals surface area contributed by atoms with Gasteiger partial charge in [0, 0.05) is 30.1 Å². The summed E-state index contributed by atoms with van der Waals surface area (Å²) in [7, 11) is 0. The maximum Gasteiger partial charge on any atom is 0.324 e. The summed E-state index contributed by atoms with van der Waals surface area (Å²) in [6.45, 7) is 4.74. The van der Waals surface area contributed by atoms with Crippen molar-refractivity contribution in [3.05, 3.63) is 27.1 Å². The van der Waals surface area contributed by atoms with Crippen LogP contribution in [0.25, 0.3) is 0 Å². The highest BCUT2D eigenvalue weighted by Crippen LogP contribution is 2.29. The first-order valence-electron chi connectivity index (χ1n) is 6.81. The molecule has 0 amide bonds. The molecule has 1 fully saturated rings. The van der Waals surface area contributed by atoms with Crippen LogP contribution in [0.5, 0.6) is 0 Å². The number of nitro groups is 1. The normalized spacial score (nSPS) is 24.5. The zero-order chi connectivity index (χ0) is 13.8. The standard InChI is InChI=1S/C13H21N3O2S/c1-2-10-5-6-15(11(7-10)8-14)9-12-3-4-13(19-12)16(17)18/h3-4,10-11H,2,5-9,14H2,1H3. The van der Waals surface area contributed by atoms with E-state index in [0.29, 0.717) is 12.6 Å². The van der Waals surface area contributed by atoms with Crippen molar-refractivity contribution in [1.82, 2.24) is 4.90 Å². The van der Waals surface area contributed by atoms with E-state index >= 15 is 0 Å². The molecule has 19 heavy (non-hydrogen) atoms. The van der Waals surface area contributed by atoms with Gasteiger partial charge in [-0.15, -0.1) is 0 Å². The van der Waals surface area contributed by atoms with Crippen molar-refractivity contribution in [1.29, 1.82) is 0 Å². The Morgan fingerprint density at radius 3 is 2.95 bits per heavy atom. The molecule has 1 aliphatic heterocycles. The lowest BCUT2D eigenvalue weighted by Crippen LogP contribution is -2.45. The summed E-state index contributed by atoms with van der Waals surface area (Å²) in [5.41, 5.74) is 5.87. The van der Waals surface area contributed by atoms with Crippen LogP contribution in [-0.4, -0.2) is 29.0 Å². The number of piperidine rings is 1. The number of nitrogens with zero attached hydrogens (tertiary/aromatic N) is 2. The third-order valence-corrected chi connectivity index (χ3v) is 5.00. The molecule has 0 radical (unpaired) electrons. The monoisotopic (exact) mass is 283 g/mol. The minimum absolute atomic E-state index is 0.225. The molecule has 1 aromatic heterocycles. The van der Waals surface area contributed by atoms with E-state index in [-0.39, 0.29) is 9.92 Å². The van der Waals surface area contributed by atoms with E-state index in [1.807, 2.05) is 6.07 Å². The van der Waals surface area contributed by atoms with Crippen molar-refractivity contribution in [3.63, 3.8) is 0 Å². The van der Waals surface area contributed by atoms with Gasteiger partial charge in [-0.2, -0.15) is 0 Å². The van der Waals surface area contributed by atoms with Crippen LogP contribution in [0.4, 0.5) is 5.00 Å². The number of hydrogen-bond acceptors (Lipinski definition) is 5. The van der Waals surface area contributed by atoms with Gasteiger partial charge in [0.25, 0.3) is 0 Å². The SMILES string of the molecule is CCC1CCN(Cc2ccc([N+](=O)[O-])s2)C(CN)C1. The maximum absolute atomic E-state index is 10.7. The van der Waals surface area contributed by atoms with Crippen LogP contribution in [0.1, 0.15) is 31.1 Å². The molecule has 1 aliphatic rings. The Morgan fingerprint density at radius 2 is 2.37 bits per heavy atom. The van der Waals surface area contributed by atoms with Crippen molar-refractivity contribution in [2.75, 3.05) is 13.1 Å². The number of likely N-dealkylation sites (tertiary alicyclic amines) is 1. The molecular weight excluding hydrogens is 262 g/mol. The molecule has 1 saturated heterocycles. The Morgan fingerprint density at radius 1 is 1.58 bits per heavy atom. The highest BCUT2D eigenvalue weighted by Gasteiger charge is 2.27. The molecule has 5 nitrogen and oxygen atoms in total. The van der Waals surface area contributed by atoms with Gasteiger partial charge < -0.3 is 5.73 Å². The van der Waals surface area contributed by atoms with Gasteiger partial charge in [-0.05, 0) is 31.4 Å². The van der Waals surface area contributed by atoms with E-state index in [2.05, 4.69) is 11.8 Å². The molecule has 1 aromatic rings. The van der Waals surface area contributed by atoms with E-state index < -0.39 is 0 Å². The average molecular weight is 283 g/mol. The van der Waals surface area contributed by atoms with Gasteiger partial charge in [0.2, 0.25) is 0 Å². The van der Waals surface area contributed by atoms with E-state index in [4.69, 9.17) is 5.73 Å². The van der Waals surface area contributed by atoms with E-state index in [0.717, 1.165) is 30.3 Å². The molecule has 0 saturated carbocycles. The second-order valence-electron chi connectivity index (χ2n) is 5.16. The molecule has 2 rings (SSSR count). The van der Waals surface area contributed by atoms with Gasteiger partial charge in [-0.3, -0.25) is 15.0 Å². The van der Waals surface area contributed by atoms with Crippen LogP contribution in [0.2, 0.25) is 0 Å². The molecule has 2 unspecified atom stereocenters. The first kappa shape index (κ1) is 14.4. The maximum atomic E-state index is 10.7. The molecular formula is C13H21N3O2S. The molecule has 2 N–H and O–H groups in total. The van der Waals surface area contributed by atoms with Crippen molar-refractivity contribution >= 4 is 16.3 Å². The third kappa shape index (κ3) is 3.52. The molecule has 0 bridgehead atoms. The van der Waals surface area contributed by atoms with Crippen molar-refractivity contribution < 1.29 is 4.92 Å². The van der Waals surface area contributed by atoms with Crippen LogP contribution in [0.3, 0.4) is 0 Å². The topological polar surface area (TPSA) is 72.4 Å². The third-order valence-electron chi connectivity index (χ3n) is 3.98. The minimum atomic E-state index is -0.322. The lowest BCUT2D eigenvalue weighted by atomic mass is 9.89. The van der Waals surface area contributed by atoms with Crippen molar-refractivity contribution in [3.8, 4) is 0 Å². The molecule has 6 heteroatoms. The second kappa shape index (κ2) is 6.45. The number of thiophene rings is 1. The Hall–Kier alpha value is -0.980. The summed E-state index contributed by atoms with van der Waals surface area (Å²) >= 11 is 1.27. The summed E-state index contributed by atoms with van der Waals surface area (Å²) in [6.07, 6.45) is 3.58. The second-order valence-corrected chi connectivity index (χ2v) is 6.30. The van der Waals surface area contributed by atoms with Crippen LogP contribution >= 0.6 is 11.3 Å². The smallest absolute Gasteiger partial charge is 0.324 e. The van der Waals surface area contributed by atoms with Crippen LogP contribution in [0, 0.1) is 16.0 Å². The van der Waals surface area contributed by atoms with Crippen LogP contribution < -0.4 is 5.73 Å². The average Bonchev–Trinajstić information content (AvgIpc) is 2.88. The fourth-order valence-electron chi connectivity index (χ4n) is 2.76. The lowest BCUT2D eigenvalue weighted by molar-refractivity contribution is -0.380. The number of rotatable bonds is 5. The number of hydrogen-bond donors (Lipinski definition) is 1. The molecule has 2 heterocycles. The highest BCUT2D eigenvalue weighted by molar-refractivity contribution is 7.15. The van der Waals surface area contributed by atoms with Crippen LogP contribution in [0.15, 0.2) is 12.1 Å². The molecule has 0 aliphatic carbocycles. The fourth-order valence-corrected chi connectivity index (χ4v) is 3.60. The van der Waals surface area contributed by atoms with E-state index in [1.54, 1.807) is 6.07 Å². The Balaban J connectivity index is 1.99. The summed E-state index contributed by atoms with van der Waals surface area (Å²) in [5, 5.41) is 10.9. The van der Waals surface area contributed by atoms with E-state index in [9.17, 15) is 10.1 Å². The van der Waals surface area contributed by atoms with Gasteiger partial charge >= 0.3 is 5.00 Å². The van der Waals surface area contributed by atoms with E-state index in [1.165, 1.54) is 24.2 Å². The van der Waals surface area contributed by atoms with Gasteiger partial charge in [0.1, 0.15) is 0 Å². The molecule has 0 spiro atoms. The Bertz CT molecular complexity index is 435. The molecule has 2 atom stereocenters. The first-order chi connectivity index (χ1) is 9.13. The summed E-state index contributed by atoms with van der Waals surface area (Å²) in [5.74, 6) is 0.780. The highest BCUT2D eigenvalue weighted by atomic mass is 32.1. The van der Waals surface area contributed by atoms with Crippen molar-refractivity contribution in [2.45, 2.75) is 38.8 Å². The summed E-state index contributed by atoms with van der Waals surface area (Å²) in [4.78, 5) is 13.8. The lowest BCUT2D eigenvalue weighted by Gasteiger charge is -2.38. The Labute approximate surface area is 117 Å². The predicted octanol–water partition coefficient (Wildman–Crippen LogP) is 2.61. The molecule has 106 valence electrons. The minimum Gasteiger partial charge on any atom is -0.329 e. The van der Waals surface area contributed by atoms with Crippen molar-refractivity contribution in [2.24, 2.45) is 11.7 Å². The fraction of sp³-hybridized carbons (Fsp3) is 0.692. The first-order valence-corrected chi connectivity index (χ1v) is 7.62. The molecule has 0 aromatic carbocycles. The Kier molecular flexibility index (Phi) is 4.90. The number of nitrogens with two attached hydrogens (primary N) is 1. The van der Waals surface area contributed by atoms with Crippen LogP contribution in [-0.2, 0) is 6.54 Å². The largest absolute Gasteiger partial charge is 0.329 e. The summed E-state index contributed by atoms with van der Waals surface area (Å²) < 4.78 is 0. The quantitative estimate of drug-likeness (QED) is 0.666.